The van der Waals surface area contributed by atoms with Crippen LogP contribution in [-0.4, -0.2) is 23.5 Å². The summed E-state index contributed by atoms with van der Waals surface area (Å²) in [5.41, 5.74) is 0. The quantitative estimate of drug-likeness (QED) is 0.488. The smallest absolute Gasteiger partial charge is 0.308 e. The lowest BCUT2D eigenvalue weighted by Crippen LogP contribution is -2.33. The van der Waals surface area contributed by atoms with Crippen LogP contribution < -0.4 is 5.32 Å². The summed E-state index contributed by atoms with van der Waals surface area (Å²) in [4.78, 5) is 22.4. The highest BCUT2D eigenvalue weighted by atomic mass is 16.4. The number of nitrogens with one attached hydrogen (secondary N) is 1. The zero-order valence-electron chi connectivity index (χ0n) is 11.2. The zero-order chi connectivity index (χ0) is 14.0. The Kier molecular flexibility index (Phi) is 8.73. The number of amides is 1. The lowest BCUT2D eigenvalue weighted by molar-refractivity contribution is -0.142. The van der Waals surface area contributed by atoms with Crippen molar-refractivity contribution in [1.82, 2.24) is 5.32 Å². The standard InChI is InChI=1S/C14H23NO3/c1-4-5-6-7-8-13(16)15-10-12(14(17)18)9-11(2)3/h1,11-12H,5-10H2,2-3H3,(H,15,16)(H,17,18). The van der Waals surface area contributed by atoms with Crippen molar-refractivity contribution in [1.29, 1.82) is 0 Å². The number of carboxylic acids is 1. The first kappa shape index (κ1) is 16.5. The van der Waals surface area contributed by atoms with E-state index in [4.69, 9.17) is 11.5 Å². The lowest BCUT2D eigenvalue weighted by Gasteiger charge is -2.15. The minimum absolute atomic E-state index is 0.0953. The highest BCUT2D eigenvalue weighted by molar-refractivity contribution is 5.77. The molecule has 102 valence electrons. The summed E-state index contributed by atoms with van der Waals surface area (Å²) in [6, 6.07) is 0. The highest BCUT2D eigenvalue weighted by Gasteiger charge is 2.19. The molecule has 4 heteroatoms. The Bertz CT molecular complexity index is 305. The minimum atomic E-state index is -0.851. The van der Waals surface area contributed by atoms with E-state index in [0.717, 1.165) is 12.8 Å². The number of rotatable bonds is 9. The molecule has 0 aliphatic heterocycles. The predicted molar refractivity (Wildman–Crippen MR) is 70.9 cm³/mol. The third-order valence-corrected chi connectivity index (χ3v) is 2.63. The van der Waals surface area contributed by atoms with Gasteiger partial charge >= 0.3 is 5.97 Å². The van der Waals surface area contributed by atoms with Crippen molar-refractivity contribution in [3.8, 4) is 12.3 Å². The Morgan fingerprint density at radius 2 is 2.00 bits per heavy atom. The fraction of sp³-hybridized carbons (Fsp3) is 0.714. The van der Waals surface area contributed by atoms with Crippen LogP contribution in [0.1, 0.15) is 46.0 Å². The van der Waals surface area contributed by atoms with Gasteiger partial charge in [0.1, 0.15) is 0 Å². The number of hydrogen-bond acceptors (Lipinski definition) is 2. The summed E-state index contributed by atoms with van der Waals surface area (Å²) in [5, 5.41) is 11.7. The van der Waals surface area contributed by atoms with E-state index in [1.54, 1.807) is 0 Å². The molecular weight excluding hydrogens is 230 g/mol. The van der Waals surface area contributed by atoms with Crippen LogP contribution in [0.5, 0.6) is 0 Å². The molecule has 0 bridgehead atoms. The van der Waals surface area contributed by atoms with Crippen molar-refractivity contribution in [3.63, 3.8) is 0 Å². The number of hydrogen-bond donors (Lipinski definition) is 2. The number of carboxylic acid groups (broad SMARTS) is 1. The van der Waals surface area contributed by atoms with Crippen LogP contribution in [0.25, 0.3) is 0 Å². The van der Waals surface area contributed by atoms with Gasteiger partial charge in [-0.05, 0) is 25.2 Å². The van der Waals surface area contributed by atoms with Gasteiger partial charge in [0.15, 0.2) is 0 Å². The molecule has 0 aliphatic rings. The van der Waals surface area contributed by atoms with Gasteiger partial charge in [0.05, 0.1) is 5.92 Å². The van der Waals surface area contributed by atoms with Gasteiger partial charge < -0.3 is 10.4 Å². The molecule has 1 amide bonds. The largest absolute Gasteiger partial charge is 0.481 e. The SMILES string of the molecule is C#CCCCCC(=O)NCC(CC(C)C)C(=O)O. The Morgan fingerprint density at radius 1 is 1.33 bits per heavy atom. The fourth-order valence-corrected chi connectivity index (χ4v) is 1.68. The van der Waals surface area contributed by atoms with Crippen molar-refractivity contribution in [2.45, 2.75) is 46.0 Å². The van der Waals surface area contributed by atoms with Gasteiger partial charge in [0.25, 0.3) is 0 Å². The van der Waals surface area contributed by atoms with Crippen molar-refractivity contribution in [3.05, 3.63) is 0 Å². The Balaban J connectivity index is 3.86. The molecule has 0 aromatic rings. The summed E-state index contributed by atoms with van der Waals surface area (Å²) in [6.45, 7) is 4.15. The Morgan fingerprint density at radius 3 is 2.50 bits per heavy atom. The van der Waals surface area contributed by atoms with Gasteiger partial charge in [-0.1, -0.05) is 13.8 Å². The average Bonchev–Trinajstić information content (AvgIpc) is 2.29. The topological polar surface area (TPSA) is 66.4 Å². The molecule has 0 aromatic carbocycles. The van der Waals surface area contributed by atoms with E-state index < -0.39 is 11.9 Å². The summed E-state index contributed by atoms with van der Waals surface area (Å²) in [6.07, 6.45) is 8.35. The molecule has 0 spiro atoms. The summed E-state index contributed by atoms with van der Waals surface area (Å²) in [7, 11) is 0. The Hall–Kier alpha value is -1.50. The van der Waals surface area contributed by atoms with E-state index in [9.17, 15) is 9.59 Å². The van der Waals surface area contributed by atoms with E-state index in [-0.39, 0.29) is 12.5 Å². The minimum Gasteiger partial charge on any atom is -0.481 e. The molecule has 0 radical (unpaired) electrons. The number of carbonyl (C=O) groups excluding carboxylic acids is 1. The van der Waals surface area contributed by atoms with E-state index in [2.05, 4.69) is 11.2 Å². The van der Waals surface area contributed by atoms with Crippen LogP contribution in [-0.2, 0) is 9.59 Å². The molecule has 2 N–H and O–H groups in total. The van der Waals surface area contributed by atoms with Crippen molar-refractivity contribution in [2.75, 3.05) is 6.54 Å². The van der Waals surface area contributed by atoms with Gasteiger partial charge in [-0.3, -0.25) is 9.59 Å². The molecule has 0 heterocycles. The third-order valence-electron chi connectivity index (χ3n) is 2.63. The van der Waals surface area contributed by atoms with Gasteiger partial charge in [-0.25, -0.2) is 0 Å². The predicted octanol–water partition coefficient (Wildman–Crippen LogP) is 2.04. The average molecular weight is 253 g/mol. The number of aliphatic carboxylic acids is 1. The number of terminal acetylenes is 1. The van der Waals surface area contributed by atoms with Gasteiger partial charge in [-0.15, -0.1) is 12.3 Å². The first-order valence-electron chi connectivity index (χ1n) is 6.40. The zero-order valence-corrected chi connectivity index (χ0v) is 11.2. The molecule has 0 saturated carbocycles. The second-order valence-corrected chi connectivity index (χ2v) is 4.88. The maximum atomic E-state index is 11.5. The molecular formula is C14H23NO3. The summed E-state index contributed by atoms with van der Waals surface area (Å²) in [5.74, 6) is 1.38. The van der Waals surface area contributed by atoms with E-state index in [1.165, 1.54) is 0 Å². The molecule has 0 rings (SSSR count). The normalized spacial score (nSPS) is 11.9. The van der Waals surface area contributed by atoms with Crippen LogP contribution in [0, 0.1) is 24.2 Å². The summed E-state index contributed by atoms with van der Waals surface area (Å²) < 4.78 is 0. The Labute approximate surface area is 109 Å². The molecule has 1 unspecified atom stereocenters. The van der Waals surface area contributed by atoms with E-state index in [0.29, 0.717) is 25.2 Å². The molecule has 0 fully saturated rings. The third kappa shape index (κ3) is 8.63. The van der Waals surface area contributed by atoms with Gasteiger partial charge in [0, 0.05) is 19.4 Å². The number of carbonyl (C=O) groups is 2. The van der Waals surface area contributed by atoms with Crippen LogP contribution in [0.4, 0.5) is 0 Å². The van der Waals surface area contributed by atoms with Crippen LogP contribution in [0.3, 0.4) is 0 Å². The van der Waals surface area contributed by atoms with Crippen molar-refractivity contribution in [2.24, 2.45) is 11.8 Å². The fourth-order valence-electron chi connectivity index (χ4n) is 1.68. The monoisotopic (exact) mass is 253 g/mol. The molecule has 0 aromatic heterocycles. The highest BCUT2D eigenvalue weighted by Crippen LogP contribution is 2.11. The first-order chi connectivity index (χ1) is 8.47. The van der Waals surface area contributed by atoms with Crippen molar-refractivity contribution >= 4 is 11.9 Å². The van der Waals surface area contributed by atoms with Crippen molar-refractivity contribution < 1.29 is 14.7 Å². The molecule has 0 aliphatic carbocycles. The van der Waals surface area contributed by atoms with Crippen LogP contribution in [0.2, 0.25) is 0 Å². The first-order valence-corrected chi connectivity index (χ1v) is 6.40. The van der Waals surface area contributed by atoms with E-state index >= 15 is 0 Å². The van der Waals surface area contributed by atoms with Gasteiger partial charge in [0.2, 0.25) is 5.91 Å². The maximum Gasteiger partial charge on any atom is 0.308 e. The maximum absolute atomic E-state index is 11.5. The van der Waals surface area contributed by atoms with Crippen LogP contribution in [0.15, 0.2) is 0 Å². The number of unbranched alkanes of at least 4 members (excludes halogenated alkanes) is 2. The molecule has 1 atom stereocenters. The summed E-state index contributed by atoms with van der Waals surface area (Å²) >= 11 is 0. The van der Waals surface area contributed by atoms with E-state index in [1.807, 2.05) is 13.8 Å². The molecule has 0 saturated heterocycles. The molecule has 18 heavy (non-hydrogen) atoms. The second kappa shape index (κ2) is 9.52. The van der Waals surface area contributed by atoms with Crippen LogP contribution >= 0.6 is 0 Å². The molecule has 4 nitrogen and oxygen atoms in total. The second-order valence-electron chi connectivity index (χ2n) is 4.88. The lowest BCUT2D eigenvalue weighted by atomic mass is 9.97. The van der Waals surface area contributed by atoms with Gasteiger partial charge in [-0.2, -0.15) is 0 Å².